The van der Waals surface area contributed by atoms with E-state index in [4.69, 9.17) is 4.74 Å². The number of hydrogen-bond donors (Lipinski definition) is 1. The van der Waals surface area contributed by atoms with Gasteiger partial charge in [0.1, 0.15) is 0 Å². The Kier molecular flexibility index (Phi) is 9.20. The van der Waals surface area contributed by atoms with Crippen LogP contribution in [0.2, 0.25) is 0 Å². The Morgan fingerprint density at radius 3 is 2.48 bits per heavy atom. The molecule has 0 bridgehead atoms. The highest BCUT2D eigenvalue weighted by Gasteiger charge is 2.21. The fourth-order valence-electron chi connectivity index (χ4n) is 2.41. The molecule has 0 spiro atoms. The third-order valence-electron chi connectivity index (χ3n) is 3.74. The van der Waals surface area contributed by atoms with Gasteiger partial charge in [0.05, 0.1) is 12.2 Å². The van der Waals surface area contributed by atoms with Crippen LogP contribution in [-0.4, -0.2) is 23.6 Å². The van der Waals surface area contributed by atoms with Crippen LogP contribution >= 0.6 is 7.37 Å². The van der Waals surface area contributed by atoms with E-state index in [0.717, 1.165) is 12.8 Å². The highest BCUT2D eigenvalue weighted by Crippen LogP contribution is 2.39. The first-order valence-corrected chi connectivity index (χ1v) is 10.4. The minimum absolute atomic E-state index is 0.225. The van der Waals surface area contributed by atoms with Crippen LogP contribution in [0, 0.1) is 0 Å². The van der Waals surface area contributed by atoms with Crippen LogP contribution in [0.3, 0.4) is 0 Å². The SMILES string of the molecule is CCCCCCCCOC(=O)c1cccc(P(=O)(O)CCC)c1. The Bertz CT molecular complexity index is 528. The lowest BCUT2D eigenvalue weighted by molar-refractivity contribution is 0.0498. The van der Waals surface area contributed by atoms with Crippen LogP contribution in [0.4, 0.5) is 0 Å². The van der Waals surface area contributed by atoms with Crippen molar-refractivity contribution in [2.75, 3.05) is 12.8 Å². The van der Waals surface area contributed by atoms with Gasteiger partial charge in [-0.05, 0) is 31.0 Å². The van der Waals surface area contributed by atoms with Crippen LogP contribution in [0.25, 0.3) is 0 Å². The molecule has 0 amide bonds. The zero-order valence-corrected chi connectivity index (χ0v) is 15.2. The predicted molar refractivity (Wildman–Crippen MR) is 94.7 cm³/mol. The second-order valence-corrected chi connectivity index (χ2v) is 8.25. The van der Waals surface area contributed by atoms with E-state index in [9.17, 15) is 14.3 Å². The summed E-state index contributed by atoms with van der Waals surface area (Å²) < 4.78 is 17.4. The van der Waals surface area contributed by atoms with Crippen LogP contribution in [0.1, 0.15) is 69.2 Å². The quantitative estimate of drug-likeness (QED) is 0.366. The van der Waals surface area contributed by atoms with Gasteiger partial charge in [-0.2, -0.15) is 0 Å². The monoisotopic (exact) mass is 340 g/mol. The summed E-state index contributed by atoms with van der Waals surface area (Å²) in [6.45, 7) is 4.45. The summed E-state index contributed by atoms with van der Waals surface area (Å²) in [7, 11) is -3.37. The Morgan fingerprint density at radius 1 is 1.09 bits per heavy atom. The molecule has 1 unspecified atom stereocenters. The maximum absolute atomic E-state index is 12.2. The minimum Gasteiger partial charge on any atom is -0.462 e. The second-order valence-electron chi connectivity index (χ2n) is 5.88. The number of ether oxygens (including phenoxy) is 1. The van der Waals surface area contributed by atoms with Gasteiger partial charge >= 0.3 is 5.97 Å². The van der Waals surface area contributed by atoms with E-state index in [1.165, 1.54) is 31.7 Å². The van der Waals surface area contributed by atoms with Crippen LogP contribution in [-0.2, 0) is 9.30 Å². The number of carbonyl (C=O) groups is 1. The van der Waals surface area contributed by atoms with Crippen molar-refractivity contribution in [1.29, 1.82) is 0 Å². The van der Waals surface area contributed by atoms with E-state index in [1.807, 2.05) is 6.92 Å². The molecule has 0 heterocycles. The summed E-state index contributed by atoms with van der Waals surface area (Å²) in [6.07, 6.45) is 7.66. The summed E-state index contributed by atoms with van der Waals surface area (Å²) >= 11 is 0. The highest BCUT2D eigenvalue weighted by molar-refractivity contribution is 7.66. The first-order chi connectivity index (χ1) is 11.0. The van der Waals surface area contributed by atoms with Crippen molar-refractivity contribution < 1.29 is 19.0 Å². The van der Waals surface area contributed by atoms with E-state index < -0.39 is 13.3 Å². The molecule has 130 valence electrons. The topological polar surface area (TPSA) is 63.6 Å². The van der Waals surface area contributed by atoms with Gasteiger partial charge < -0.3 is 9.63 Å². The molecule has 1 atom stereocenters. The van der Waals surface area contributed by atoms with Crippen molar-refractivity contribution in [3.8, 4) is 0 Å². The van der Waals surface area contributed by atoms with Gasteiger partial charge in [-0.1, -0.05) is 52.0 Å². The first kappa shape index (κ1) is 19.9. The fraction of sp³-hybridized carbons (Fsp3) is 0.611. The molecule has 0 saturated carbocycles. The largest absolute Gasteiger partial charge is 0.462 e. The van der Waals surface area contributed by atoms with Crippen molar-refractivity contribution in [3.63, 3.8) is 0 Å². The summed E-state index contributed by atoms with van der Waals surface area (Å²) in [4.78, 5) is 22.0. The number of unbranched alkanes of at least 4 members (excludes halogenated alkanes) is 5. The molecule has 0 saturated heterocycles. The lowest BCUT2D eigenvalue weighted by atomic mass is 10.1. The average molecular weight is 340 g/mol. The van der Waals surface area contributed by atoms with Gasteiger partial charge in [-0.3, -0.25) is 4.57 Å². The Balaban J connectivity index is 2.46. The third-order valence-corrected chi connectivity index (χ3v) is 5.88. The maximum Gasteiger partial charge on any atom is 0.338 e. The summed E-state index contributed by atoms with van der Waals surface area (Å²) in [6, 6.07) is 6.34. The van der Waals surface area contributed by atoms with Gasteiger partial charge in [0, 0.05) is 11.5 Å². The zero-order chi connectivity index (χ0) is 17.1. The number of carbonyl (C=O) groups excluding carboxylic acids is 1. The summed E-state index contributed by atoms with van der Waals surface area (Å²) in [5.74, 6) is -0.420. The predicted octanol–water partition coefficient (Wildman–Crippen LogP) is 4.51. The van der Waals surface area contributed by atoms with Gasteiger partial charge in [0.25, 0.3) is 0 Å². The molecule has 0 aliphatic rings. The number of hydrogen-bond acceptors (Lipinski definition) is 3. The molecular weight excluding hydrogens is 311 g/mol. The fourth-order valence-corrected chi connectivity index (χ4v) is 3.94. The summed E-state index contributed by atoms with van der Waals surface area (Å²) in [5.41, 5.74) is 0.346. The number of rotatable bonds is 11. The zero-order valence-electron chi connectivity index (χ0n) is 14.3. The highest BCUT2D eigenvalue weighted by atomic mass is 31.2. The molecule has 1 aromatic rings. The average Bonchev–Trinajstić information content (AvgIpc) is 2.54. The van der Waals surface area contributed by atoms with Crippen molar-refractivity contribution in [2.24, 2.45) is 0 Å². The van der Waals surface area contributed by atoms with Crippen molar-refractivity contribution >= 4 is 18.6 Å². The molecule has 0 aliphatic heterocycles. The van der Waals surface area contributed by atoms with E-state index in [0.29, 0.717) is 23.9 Å². The van der Waals surface area contributed by atoms with Gasteiger partial charge in [0.15, 0.2) is 0 Å². The molecule has 4 nitrogen and oxygen atoms in total. The molecule has 0 aromatic heterocycles. The third kappa shape index (κ3) is 7.32. The lowest BCUT2D eigenvalue weighted by Gasteiger charge is -2.12. The number of esters is 1. The Labute approximate surface area is 139 Å². The van der Waals surface area contributed by atoms with Crippen molar-refractivity contribution in [3.05, 3.63) is 29.8 Å². The van der Waals surface area contributed by atoms with E-state index in [1.54, 1.807) is 18.2 Å². The molecule has 1 rings (SSSR count). The Hall–Kier alpha value is -1.12. The summed E-state index contributed by atoms with van der Waals surface area (Å²) in [5, 5.41) is 0.327. The van der Waals surface area contributed by atoms with Gasteiger partial charge in [0.2, 0.25) is 7.37 Å². The Morgan fingerprint density at radius 2 is 1.78 bits per heavy atom. The molecule has 0 fully saturated rings. The van der Waals surface area contributed by atoms with Crippen molar-refractivity contribution in [2.45, 2.75) is 58.8 Å². The molecule has 0 radical (unpaired) electrons. The molecular formula is C18H29O4P. The molecule has 23 heavy (non-hydrogen) atoms. The minimum atomic E-state index is -3.37. The number of benzene rings is 1. The van der Waals surface area contributed by atoms with E-state index in [-0.39, 0.29) is 6.16 Å². The lowest BCUT2D eigenvalue weighted by Crippen LogP contribution is -2.12. The van der Waals surface area contributed by atoms with Gasteiger partial charge in [-0.25, -0.2) is 4.79 Å². The molecule has 1 aromatic carbocycles. The van der Waals surface area contributed by atoms with Crippen LogP contribution in [0.15, 0.2) is 24.3 Å². The first-order valence-electron chi connectivity index (χ1n) is 8.60. The van der Waals surface area contributed by atoms with Crippen LogP contribution < -0.4 is 5.30 Å². The van der Waals surface area contributed by atoms with E-state index in [2.05, 4.69) is 6.92 Å². The van der Waals surface area contributed by atoms with Crippen LogP contribution in [0.5, 0.6) is 0 Å². The molecule has 0 aliphatic carbocycles. The second kappa shape index (κ2) is 10.6. The molecule has 5 heteroatoms. The van der Waals surface area contributed by atoms with Gasteiger partial charge in [-0.15, -0.1) is 0 Å². The van der Waals surface area contributed by atoms with E-state index >= 15 is 0 Å². The van der Waals surface area contributed by atoms with Crippen molar-refractivity contribution in [1.82, 2.24) is 0 Å². The smallest absolute Gasteiger partial charge is 0.338 e. The maximum atomic E-state index is 12.2. The standard InChI is InChI=1S/C18H29O4P/c1-3-5-6-7-8-9-13-22-18(19)16-11-10-12-17(15-16)23(20,21)14-4-2/h10-12,15H,3-9,13-14H2,1-2H3,(H,20,21). The normalized spacial score (nSPS) is 13.5. The molecule has 1 N–H and O–H groups in total.